The standard InChI is InChI=1S/C26H35N3O4S/c1-5-6-21-7-9-22(10-8-21)17-27-26(31)25-18-28(20(4)30)15-16-29(25)34(32,33)24-13-11-23(12-14-24)19(2)3/h7-14,19,25H,5-6,15-18H2,1-4H3,(H,27,31)/t25-/m1/s1. The third-order valence-corrected chi connectivity index (χ3v) is 8.18. The minimum atomic E-state index is -3.91. The number of carbonyl (C=O) groups excluding carboxylic acids is 2. The molecule has 3 rings (SSSR count). The molecule has 1 N–H and O–H groups in total. The Morgan fingerprint density at radius 1 is 1.00 bits per heavy atom. The monoisotopic (exact) mass is 485 g/mol. The normalized spacial score (nSPS) is 17.1. The minimum absolute atomic E-state index is 0.0277. The molecule has 0 bridgehead atoms. The van der Waals surface area contributed by atoms with Gasteiger partial charge in [-0.3, -0.25) is 9.59 Å². The van der Waals surface area contributed by atoms with Gasteiger partial charge >= 0.3 is 0 Å². The van der Waals surface area contributed by atoms with Gasteiger partial charge in [-0.15, -0.1) is 0 Å². The maximum absolute atomic E-state index is 13.5. The Labute approximate surface area is 203 Å². The molecule has 0 radical (unpaired) electrons. The van der Waals surface area contributed by atoms with E-state index < -0.39 is 22.0 Å². The number of amides is 2. The average Bonchev–Trinajstić information content (AvgIpc) is 2.83. The van der Waals surface area contributed by atoms with Crippen molar-refractivity contribution in [3.8, 4) is 0 Å². The van der Waals surface area contributed by atoms with E-state index in [0.717, 1.165) is 24.0 Å². The quantitative estimate of drug-likeness (QED) is 0.622. The third-order valence-electron chi connectivity index (χ3n) is 6.26. The number of carbonyl (C=O) groups is 2. The first-order valence-corrected chi connectivity index (χ1v) is 13.3. The van der Waals surface area contributed by atoms with Crippen molar-refractivity contribution in [3.05, 3.63) is 65.2 Å². The van der Waals surface area contributed by atoms with E-state index in [0.29, 0.717) is 6.54 Å². The second-order valence-electron chi connectivity index (χ2n) is 9.10. The summed E-state index contributed by atoms with van der Waals surface area (Å²) in [5.41, 5.74) is 3.22. The first-order chi connectivity index (χ1) is 16.1. The molecule has 2 amide bonds. The number of hydrogen-bond acceptors (Lipinski definition) is 4. The number of sulfonamides is 1. The number of benzene rings is 2. The molecule has 1 aliphatic rings. The molecule has 0 saturated carbocycles. The first kappa shape index (κ1) is 25.9. The molecule has 2 aromatic carbocycles. The van der Waals surface area contributed by atoms with Gasteiger partial charge in [0.1, 0.15) is 6.04 Å². The molecule has 1 atom stereocenters. The van der Waals surface area contributed by atoms with Crippen molar-refractivity contribution in [2.75, 3.05) is 19.6 Å². The molecular weight excluding hydrogens is 450 g/mol. The van der Waals surface area contributed by atoms with Crippen LogP contribution in [-0.4, -0.2) is 55.1 Å². The van der Waals surface area contributed by atoms with Crippen LogP contribution in [0.4, 0.5) is 0 Å². The highest BCUT2D eigenvalue weighted by Crippen LogP contribution is 2.24. The van der Waals surface area contributed by atoms with Crippen LogP contribution in [0.15, 0.2) is 53.4 Å². The highest BCUT2D eigenvalue weighted by atomic mass is 32.2. The molecule has 0 aliphatic carbocycles. The zero-order valence-electron chi connectivity index (χ0n) is 20.5. The molecule has 0 unspecified atom stereocenters. The summed E-state index contributed by atoms with van der Waals surface area (Å²) in [6.07, 6.45) is 2.06. The molecule has 1 heterocycles. The van der Waals surface area contributed by atoms with Gasteiger partial charge in [-0.2, -0.15) is 4.31 Å². The molecule has 0 spiro atoms. The van der Waals surface area contributed by atoms with Crippen LogP contribution in [0.25, 0.3) is 0 Å². The molecule has 8 heteroatoms. The van der Waals surface area contributed by atoms with Crippen LogP contribution < -0.4 is 5.32 Å². The first-order valence-electron chi connectivity index (χ1n) is 11.9. The lowest BCUT2D eigenvalue weighted by Crippen LogP contribution is -2.61. The maximum Gasteiger partial charge on any atom is 0.243 e. The molecule has 34 heavy (non-hydrogen) atoms. The van der Waals surface area contributed by atoms with Gasteiger partial charge in [-0.25, -0.2) is 8.42 Å². The Kier molecular flexibility index (Phi) is 8.49. The van der Waals surface area contributed by atoms with Crippen LogP contribution in [0.1, 0.15) is 56.7 Å². The molecule has 0 aromatic heterocycles. The Morgan fingerprint density at radius 3 is 2.18 bits per heavy atom. The predicted molar refractivity (Wildman–Crippen MR) is 133 cm³/mol. The van der Waals surface area contributed by atoms with Crippen molar-refractivity contribution in [3.63, 3.8) is 0 Å². The lowest BCUT2D eigenvalue weighted by atomic mass is 10.0. The highest BCUT2D eigenvalue weighted by molar-refractivity contribution is 7.89. The summed E-state index contributed by atoms with van der Waals surface area (Å²) in [4.78, 5) is 26.8. The van der Waals surface area contributed by atoms with Gasteiger partial charge in [0.05, 0.1) is 4.90 Å². The minimum Gasteiger partial charge on any atom is -0.351 e. The average molecular weight is 486 g/mol. The fourth-order valence-corrected chi connectivity index (χ4v) is 5.70. The summed E-state index contributed by atoms with van der Waals surface area (Å²) in [5, 5.41) is 2.87. The number of nitrogens with one attached hydrogen (secondary N) is 1. The number of hydrogen-bond donors (Lipinski definition) is 1. The second kappa shape index (κ2) is 11.1. The Balaban J connectivity index is 1.79. The fraction of sp³-hybridized carbons (Fsp3) is 0.462. The number of nitrogens with zero attached hydrogens (tertiary/aromatic N) is 2. The summed E-state index contributed by atoms with van der Waals surface area (Å²) in [6.45, 7) is 8.28. The second-order valence-corrected chi connectivity index (χ2v) is 11.0. The van der Waals surface area contributed by atoms with Gasteiger partial charge in [-0.1, -0.05) is 63.6 Å². The largest absolute Gasteiger partial charge is 0.351 e. The maximum atomic E-state index is 13.5. The van der Waals surface area contributed by atoms with Crippen LogP contribution in [0.5, 0.6) is 0 Å². The number of piperazine rings is 1. The Morgan fingerprint density at radius 2 is 1.62 bits per heavy atom. The molecule has 184 valence electrons. The van der Waals surface area contributed by atoms with Crippen molar-refractivity contribution >= 4 is 21.8 Å². The zero-order valence-corrected chi connectivity index (χ0v) is 21.3. The van der Waals surface area contributed by atoms with Gasteiger partial charge in [-0.05, 0) is 41.2 Å². The summed E-state index contributed by atoms with van der Waals surface area (Å²) in [7, 11) is -3.91. The van der Waals surface area contributed by atoms with Crippen molar-refractivity contribution < 1.29 is 18.0 Å². The summed E-state index contributed by atoms with van der Waals surface area (Å²) in [6, 6.07) is 13.8. The summed E-state index contributed by atoms with van der Waals surface area (Å²) < 4.78 is 28.2. The summed E-state index contributed by atoms with van der Waals surface area (Å²) in [5.74, 6) is -0.306. The van der Waals surface area contributed by atoms with Gasteiger partial charge in [0, 0.05) is 33.1 Å². The van der Waals surface area contributed by atoms with Crippen molar-refractivity contribution in [1.29, 1.82) is 0 Å². The number of rotatable bonds is 8. The smallest absolute Gasteiger partial charge is 0.243 e. The van der Waals surface area contributed by atoms with Crippen LogP contribution in [0, 0.1) is 0 Å². The Hall–Kier alpha value is -2.71. The van der Waals surface area contributed by atoms with Crippen LogP contribution in [0.2, 0.25) is 0 Å². The summed E-state index contributed by atoms with van der Waals surface area (Å²) >= 11 is 0. The SMILES string of the molecule is CCCc1ccc(CNC(=O)[C@H]2CN(C(C)=O)CCN2S(=O)(=O)c2ccc(C(C)C)cc2)cc1. The predicted octanol–water partition coefficient (Wildman–Crippen LogP) is 3.30. The molecular formula is C26H35N3O4S. The lowest BCUT2D eigenvalue weighted by Gasteiger charge is -2.39. The van der Waals surface area contributed by atoms with Gasteiger partial charge in [0.25, 0.3) is 0 Å². The topological polar surface area (TPSA) is 86.8 Å². The van der Waals surface area contributed by atoms with Crippen molar-refractivity contribution in [1.82, 2.24) is 14.5 Å². The number of aryl methyl sites for hydroxylation is 1. The molecule has 1 fully saturated rings. The van der Waals surface area contributed by atoms with E-state index in [2.05, 4.69) is 12.2 Å². The molecule has 1 aliphatic heterocycles. The highest BCUT2D eigenvalue weighted by Gasteiger charge is 2.40. The van der Waals surface area contributed by atoms with Crippen molar-refractivity contribution in [2.45, 2.75) is 63.9 Å². The third kappa shape index (κ3) is 6.04. The molecule has 1 saturated heterocycles. The lowest BCUT2D eigenvalue weighted by molar-refractivity contribution is -0.134. The van der Waals surface area contributed by atoms with Crippen LogP contribution >= 0.6 is 0 Å². The Bertz CT molecular complexity index is 1100. The fourth-order valence-electron chi connectivity index (χ4n) is 4.13. The van der Waals surface area contributed by atoms with E-state index in [4.69, 9.17) is 0 Å². The van der Waals surface area contributed by atoms with E-state index in [9.17, 15) is 18.0 Å². The van der Waals surface area contributed by atoms with Gasteiger partial charge in [0.15, 0.2) is 0 Å². The van der Waals surface area contributed by atoms with E-state index in [1.807, 2.05) is 38.1 Å². The van der Waals surface area contributed by atoms with Gasteiger partial charge in [0.2, 0.25) is 21.8 Å². The van der Waals surface area contributed by atoms with E-state index in [1.165, 1.54) is 21.7 Å². The van der Waals surface area contributed by atoms with E-state index in [-0.39, 0.29) is 36.4 Å². The van der Waals surface area contributed by atoms with Gasteiger partial charge < -0.3 is 10.2 Å². The van der Waals surface area contributed by atoms with Crippen LogP contribution in [-0.2, 0) is 32.6 Å². The van der Waals surface area contributed by atoms with Crippen LogP contribution in [0.3, 0.4) is 0 Å². The molecule has 7 nitrogen and oxygen atoms in total. The van der Waals surface area contributed by atoms with Crippen molar-refractivity contribution in [2.24, 2.45) is 0 Å². The van der Waals surface area contributed by atoms with E-state index >= 15 is 0 Å². The van der Waals surface area contributed by atoms with E-state index in [1.54, 1.807) is 24.3 Å². The zero-order chi connectivity index (χ0) is 24.9. The molecule has 2 aromatic rings.